The number of halogens is 1. The molecule has 4 heteroatoms. The van der Waals surface area contributed by atoms with Crippen LogP contribution in [0.5, 0.6) is 0 Å². The molecule has 106 valence electrons. The van der Waals surface area contributed by atoms with Gasteiger partial charge in [0.15, 0.2) is 0 Å². The highest BCUT2D eigenvalue weighted by Gasteiger charge is 2.20. The average Bonchev–Trinajstić information content (AvgIpc) is 2.94. The highest BCUT2D eigenvalue weighted by molar-refractivity contribution is 6.30. The van der Waals surface area contributed by atoms with Crippen molar-refractivity contribution in [3.05, 3.63) is 51.3 Å². The molecule has 1 atom stereocenters. The summed E-state index contributed by atoms with van der Waals surface area (Å²) < 4.78 is 1.61. The lowest BCUT2D eigenvalue weighted by Gasteiger charge is -2.12. The van der Waals surface area contributed by atoms with Gasteiger partial charge in [0.2, 0.25) is 0 Å². The molecule has 2 aromatic rings. The number of aliphatic hydroxyl groups is 1. The molecule has 0 saturated carbocycles. The summed E-state index contributed by atoms with van der Waals surface area (Å²) in [6, 6.07) is 6.54. The molecular formula is C16H19ClN2O. The summed E-state index contributed by atoms with van der Waals surface area (Å²) in [6.45, 7) is 1.88. The maximum Gasteiger partial charge on any atom is 0.132 e. The minimum Gasteiger partial charge on any atom is -0.388 e. The second kappa shape index (κ2) is 5.23. The third-order valence-corrected chi connectivity index (χ3v) is 4.57. The van der Waals surface area contributed by atoms with Gasteiger partial charge in [0.05, 0.1) is 11.8 Å². The fourth-order valence-electron chi connectivity index (χ4n) is 3.10. The maximum absolute atomic E-state index is 10.5. The number of fused-ring (bicyclic) bond motifs is 1. The van der Waals surface area contributed by atoms with Crippen LogP contribution in [-0.4, -0.2) is 14.9 Å². The molecular weight excluding hydrogens is 272 g/mol. The Kier molecular flexibility index (Phi) is 3.57. The maximum atomic E-state index is 10.5. The first-order valence-electron chi connectivity index (χ1n) is 7.04. The van der Waals surface area contributed by atoms with Gasteiger partial charge in [-0.25, -0.2) is 0 Å². The Hall–Kier alpha value is -1.32. The van der Waals surface area contributed by atoms with E-state index in [0.717, 1.165) is 23.2 Å². The predicted molar refractivity (Wildman–Crippen MR) is 80.1 cm³/mol. The second-order valence-corrected chi connectivity index (χ2v) is 5.95. The van der Waals surface area contributed by atoms with E-state index >= 15 is 0 Å². The molecule has 0 saturated heterocycles. The van der Waals surface area contributed by atoms with Gasteiger partial charge < -0.3 is 5.11 Å². The molecule has 1 unspecified atom stereocenters. The van der Waals surface area contributed by atoms with Crippen LogP contribution in [0.15, 0.2) is 18.2 Å². The summed E-state index contributed by atoms with van der Waals surface area (Å²) in [5.74, 6) is 0. The molecule has 3 nitrogen and oxygen atoms in total. The molecule has 0 bridgehead atoms. The van der Waals surface area contributed by atoms with Gasteiger partial charge >= 0.3 is 0 Å². The van der Waals surface area contributed by atoms with Crippen LogP contribution in [-0.2, 0) is 26.3 Å². The van der Waals surface area contributed by atoms with E-state index in [1.54, 1.807) is 11.7 Å². The number of hydrogen-bond donors (Lipinski definition) is 1. The Bertz CT molecular complexity index is 648. The van der Waals surface area contributed by atoms with Crippen LogP contribution >= 0.6 is 11.6 Å². The molecule has 0 fully saturated rings. The zero-order valence-corrected chi connectivity index (χ0v) is 12.6. The summed E-state index contributed by atoms with van der Waals surface area (Å²) in [6.07, 6.45) is 3.57. The first-order chi connectivity index (χ1) is 9.56. The molecule has 20 heavy (non-hydrogen) atoms. The van der Waals surface area contributed by atoms with Crippen LogP contribution in [0.4, 0.5) is 0 Å². The fourth-order valence-corrected chi connectivity index (χ4v) is 3.40. The van der Waals surface area contributed by atoms with E-state index in [2.05, 4.69) is 23.3 Å². The van der Waals surface area contributed by atoms with Crippen molar-refractivity contribution in [1.82, 2.24) is 9.78 Å². The van der Waals surface area contributed by atoms with E-state index in [-0.39, 0.29) is 0 Å². The van der Waals surface area contributed by atoms with E-state index in [1.165, 1.54) is 24.0 Å². The van der Waals surface area contributed by atoms with E-state index in [0.29, 0.717) is 11.6 Å². The number of aryl methyl sites for hydroxylation is 4. The van der Waals surface area contributed by atoms with Crippen molar-refractivity contribution in [2.75, 3.05) is 0 Å². The number of aromatic nitrogens is 2. The highest BCUT2D eigenvalue weighted by atomic mass is 35.5. The number of nitrogens with zero attached hydrogens (tertiary/aromatic N) is 2. The Morgan fingerprint density at radius 2 is 2.10 bits per heavy atom. The van der Waals surface area contributed by atoms with Gasteiger partial charge in [-0.1, -0.05) is 29.8 Å². The van der Waals surface area contributed by atoms with Crippen LogP contribution in [0.25, 0.3) is 0 Å². The molecule has 1 aliphatic rings. The quantitative estimate of drug-likeness (QED) is 0.943. The summed E-state index contributed by atoms with van der Waals surface area (Å²) in [7, 11) is 1.79. The predicted octanol–water partition coefficient (Wildman–Crippen LogP) is 3.15. The SMILES string of the molecule is Cc1nn(C)c(Cl)c1C(O)Cc1ccc2c(c1)CCC2. The van der Waals surface area contributed by atoms with Gasteiger partial charge in [0, 0.05) is 19.0 Å². The van der Waals surface area contributed by atoms with Crippen molar-refractivity contribution in [3.8, 4) is 0 Å². The normalized spacial score (nSPS) is 15.4. The van der Waals surface area contributed by atoms with Crippen LogP contribution in [0.2, 0.25) is 5.15 Å². The first kappa shape index (κ1) is 13.7. The van der Waals surface area contributed by atoms with Gasteiger partial charge in [0.1, 0.15) is 5.15 Å². The van der Waals surface area contributed by atoms with Crippen molar-refractivity contribution in [1.29, 1.82) is 0 Å². The lowest BCUT2D eigenvalue weighted by molar-refractivity contribution is 0.178. The van der Waals surface area contributed by atoms with Gasteiger partial charge in [-0.2, -0.15) is 5.10 Å². The van der Waals surface area contributed by atoms with Gasteiger partial charge in [-0.15, -0.1) is 0 Å². The molecule has 1 aromatic heterocycles. The number of rotatable bonds is 3. The fraction of sp³-hybridized carbons (Fsp3) is 0.438. The van der Waals surface area contributed by atoms with E-state index in [1.807, 2.05) is 6.92 Å². The molecule has 0 radical (unpaired) electrons. The Morgan fingerprint density at radius 3 is 2.80 bits per heavy atom. The van der Waals surface area contributed by atoms with Crippen molar-refractivity contribution in [2.24, 2.45) is 7.05 Å². The van der Waals surface area contributed by atoms with Crippen LogP contribution in [0, 0.1) is 6.92 Å². The van der Waals surface area contributed by atoms with Crippen LogP contribution in [0.1, 0.15) is 40.5 Å². The third kappa shape index (κ3) is 2.36. The topological polar surface area (TPSA) is 38.0 Å². The third-order valence-electron chi connectivity index (χ3n) is 4.12. The van der Waals surface area contributed by atoms with Crippen LogP contribution in [0.3, 0.4) is 0 Å². The first-order valence-corrected chi connectivity index (χ1v) is 7.42. The Labute approximate surface area is 124 Å². The van der Waals surface area contributed by atoms with E-state index in [9.17, 15) is 5.11 Å². The number of benzene rings is 1. The van der Waals surface area contributed by atoms with Gasteiger partial charge in [-0.3, -0.25) is 4.68 Å². The summed E-state index contributed by atoms with van der Waals surface area (Å²) >= 11 is 6.21. The molecule has 1 N–H and O–H groups in total. The molecule has 3 rings (SSSR count). The lowest BCUT2D eigenvalue weighted by Crippen LogP contribution is -2.04. The molecule has 0 aliphatic heterocycles. The Morgan fingerprint density at radius 1 is 1.35 bits per heavy atom. The molecule has 1 heterocycles. The lowest BCUT2D eigenvalue weighted by atomic mass is 9.99. The monoisotopic (exact) mass is 290 g/mol. The number of hydrogen-bond acceptors (Lipinski definition) is 2. The zero-order chi connectivity index (χ0) is 14.3. The van der Waals surface area contributed by atoms with Crippen molar-refractivity contribution in [2.45, 2.75) is 38.7 Å². The van der Waals surface area contributed by atoms with E-state index in [4.69, 9.17) is 11.6 Å². The van der Waals surface area contributed by atoms with Crippen molar-refractivity contribution >= 4 is 11.6 Å². The molecule has 1 aromatic carbocycles. The number of aliphatic hydroxyl groups excluding tert-OH is 1. The Balaban J connectivity index is 1.84. The highest BCUT2D eigenvalue weighted by Crippen LogP contribution is 2.30. The van der Waals surface area contributed by atoms with Gasteiger partial charge in [0.25, 0.3) is 0 Å². The van der Waals surface area contributed by atoms with E-state index < -0.39 is 6.10 Å². The summed E-state index contributed by atoms with van der Waals surface area (Å²) in [5.41, 5.74) is 5.60. The second-order valence-electron chi connectivity index (χ2n) is 5.59. The van der Waals surface area contributed by atoms with Crippen molar-refractivity contribution < 1.29 is 5.11 Å². The van der Waals surface area contributed by atoms with Crippen molar-refractivity contribution in [3.63, 3.8) is 0 Å². The molecule has 0 spiro atoms. The zero-order valence-electron chi connectivity index (χ0n) is 11.9. The smallest absolute Gasteiger partial charge is 0.132 e. The minimum atomic E-state index is -0.601. The van der Waals surface area contributed by atoms with Crippen LogP contribution < -0.4 is 0 Å². The average molecular weight is 291 g/mol. The standard InChI is InChI=1S/C16H19ClN2O/c1-10-15(16(17)19(2)18-10)14(20)9-11-6-7-12-4-3-5-13(12)8-11/h6-8,14,20H,3-5,9H2,1-2H3. The summed E-state index contributed by atoms with van der Waals surface area (Å²) in [5, 5.41) is 15.2. The molecule has 1 aliphatic carbocycles. The minimum absolute atomic E-state index is 0.524. The largest absolute Gasteiger partial charge is 0.388 e. The van der Waals surface area contributed by atoms with Gasteiger partial charge in [-0.05, 0) is 42.9 Å². The molecule has 0 amide bonds. The summed E-state index contributed by atoms with van der Waals surface area (Å²) in [4.78, 5) is 0.